The average Bonchev–Trinajstić information content (AvgIpc) is 3.06. The summed E-state index contributed by atoms with van der Waals surface area (Å²) in [6.07, 6.45) is 4.96. The first-order chi connectivity index (χ1) is 9.94. The van der Waals surface area contributed by atoms with E-state index in [1.807, 2.05) is 19.1 Å². The van der Waals surface area contributed by atoms with E-state index in [-0.39, 0.29) is 41.0 Å². The molecular weight excluding hydrogens is 290 g/mol. The number of fused-ring (bicyclic) bond motifs is 5. The monoisotopic (exact) mass is 303 g/mol. The predicted molar refractivity (Wildman–Crippen MR) is 77.9 cm³/mol. The molecule has 1 heterocycles. The molecule has 108 valence electrons. The first-order valence-corrected chi connectivity index (χ1v) is 7.37. The Balaban J connectivity index is 1.85. The first kappa shape index (κ1) is 12.9. The van der Waals surface area contributed by atoms with Gasteiger partial charge in [0.15, 0.2) is 0 Å². The van der Waals surface area contributed by atoms with Crippen molar-refractivity contribution in [1.82, 2.24) is 0 Å². The van der Waals surface area contributed by atoms with E-state index in [1.54, 1.807) is 0 Å². The molecule has 21 heavy (non-hydrogen) atoms. The van der Waals surface area contributed by atoms with Crippen molar-refractivity contribution in [2.45, 2.75) is 13.3 Å². The Labute approximate surface area is 127 Å². The molecule has 2 fully saturated rings. The van der Waals surface area contributed by atoms with Gasteiger partial charge in [-0.1, -0.05) is 23.8 Å². The minimum Gasteiger partial charge on any atom is -0.506 e. The second kappa shape index (κ2) is 3.89. The van der Waals surface area contributed by atoms with Crippen molar-refractivity contribution < 1.29 is 14.7 Å². The van der Waals surface area contributed by atoms with Gasteiger partial charge in [-0.15, -0.1) is 0 Å². The van der Waals surface area contributed by atoms with Gasteiger partial charge in [0.25, 0.3) is 0 Å². The highest BCUT2D eigenvalue weighted by Gasteiger charge is 2.67. The molecule has 1 aromatic carbocycles. The van der Waals surface area contributed by atoms with Crippen LogP contribution in [-0.4, -0.2) is 16.9 Å². The number of benzene rings is 1. The van der Waals surface area contributed by atoms with E-state index in [0.29, 0.717) is 5.02 Å². The summed E-state index contributed by atoms with van der Waals surface area (Å²) in [7, 11) is 0. The number of halogens is 1. The normalized spacial score (nSPS) is 36.7. The smallest absolute Gasteiger partial charge is 0.241 e. The van der Waals surface area contributed by atoms with E-state index in [4.69, 9.17) is 11.6 Å². The van der Waals surface area contributed by atoms with Crippen molar-refractivity contribution in [2.75, 3.05) is 4.90 Å². The van der Waals surface area contributed by atoms with Crippen molar-refractivity contribution in [1.29, 1.82) is 0 Å². The van der Waals surface area contributed by atoms with Crippen LogP contribution in [0.3, 0.4) is 0 Å². The van der Waals surface area contributed by atoms with Gasteiger partial charge in [0.2, 0.25) is 11.8 Å². The minimum atomic E-state index is -0.689. The maximum absolute atomic E-state index is 12.9. The number of hydrogen-bond acceptors (Lipinski definition) is 3. The molecule has 1 aliphatic heterocycles. The Morgan fingerprint density at radius 3 is 2.81 bits per heavy atom. The lowest BCUT2D eigenvalue weighted by Crippen LogP contribution is -2.37. The van der Waals surface area contributed by atoms with Crippen LogP contribution in [0.25, 0.3) is 0 Å². The van der Waals surface area contributed by atoms with Gasteiger partial charge in [-0.25, -0.2) is 4.90 Å². The molecule has 1 aromatic rings. The molecule has 2 bridgehead atoms. The summed E-state index contributed by atoms with van der Waals surface area (Å²) in [5.74, 6) is -0.648. The molecule has 4 atom stereocenters. The summed E-state index contributed by atoms with van der Waals surface area (Å²) in [5.41, 5.74) is -0.502. The van der Waals surface area contributed by atoms with E-state index < -0.39 is 5.41 Å². The summed E-state index contributed by atoms with van der Waals surface area (Å²) in [6, 6.07) is 4.40. The number of anilines is 1. The Bertz CT molecular complexity index is 713. The third kappa shape index (κ3) is 1.41. The number of imide groups is 1. The van der Waals surface area contributed by atoms with Gasteiger partial charge in [0, 0.05) is 5.02 Å². The zero-order valence-corrected chi connectivity index (χ0v) is 12.2. The highest BCUT2D eigenvalue weighted by molar-refractivity contribution is 6.32. The second-order valence-electron chi connectivity index (χ2n) is 6.26. The van der Waals surface area contributed by atoms with Gasteiger partial charge >= 0.3 is 0 Å². The highest BCUT2D eigenvalue weighted by atomic mass is 35.5. The minimum absolute atomic E-state index is 0.107. The van der Waals surface area contributed by atoms with Crippen molar-refractivity contribution in [2.24, 2.45) is 23.2 Å². The molecule has 0 radical (unpaired) electrons. The number of phenolic OH excluding ortho intramolecular Hbond substituents is 1. The first-order valence-electron chi connectivity index (χ1n) is 7.00. The molecule has 1 N–H and O–H groups in total. The van der Waals surface area contributed by atoms with Crippen molar-refractivity contribution in [3.05, 3.63) is 35.4 Å². The van der Waals surface area contributed by atoms with Crippen LogP contribution in [0.5, 0.6) is 5.75 Å². The summed E-state index contributed by atoms with van der Waals surface area (Å²) in [5, 5.41) is 10.4. The fraction of sp³-hybridized carbons (Fsp3) is 0.375. The van der Waals surface area contributed by atoms with Crippen LogP contribution in [0.2, 0.25) is 5.02 Å². The van der Waals surface area contributed by atoms with Crippen LogP contribution < -0.4 is 4.90 Å². The lowest BCUT2D eigenvalue weighted by atomic mass is 9.71. The topological polar surface area (TPSA) is 57.6 Å². The van der Waals surface area contributed by atoms with Crippen LogP contribution in [0.1, 0.15) is 13.3 Å². The number of allylic oxidation sites excluding steroid dienone is 2. The maximum atomic E-state index is 12.9. The number of amides is 2. The van der Waals surface area contributed by atoms with Crippen LogP contribution in [0, 0.1) is 23.2 Å². The summed E-state index contributed by atoms with van der Waals surface area (Å²) in [6.45, 7) is 1.87. The molecule has 3 aliphatic rings. The average molecular weight is 304 g/mol. The van der Waals surface area contributed by atoms with Crippen LogP contribution >= 0.6 is 11.6 Å². The Morgan fingerprint density at radius 2 is 2.10 bits per heavy atom. The van der Waals surface area contributed by atoms with E-state index in [2.05, 4.69) is 0 Å². The van der Waals surface area contributed by atoms with Gasteiger partial charge in [-0.3, -0.25) is 9.59 Å². The van der Waals surface area contributed by atoms with Gasteiger partial charge in [0.05, 0.1) is 17.0 Å². The molecule has 0 aromatic heterocycles. The Morgan fingerprint density at radius 1 is 1.33 bits per heavy atom. The molecule has 2 amide bonds. The van der Waals surface area contributed by atoms with E-state index in [0.717, 1.165) is 11.3 Å². The maximum Gasteiger partial charge on any atom is 0.241 e. The zero-order valence-electron chi connectivity index (χ0n) is 11.4. The van der Waals surface area contributed by atoms with E-state index in [9.17, 15) is 14.7 Å². The lowest BCUT2D eigenvalue weighted by Gasteiger charge is -2.28. The number of phenols is 1. The lowest BCUT2D eigenvalue weighted by molar-refractivity contribution is -0.127. The van der Waals surface area contributed by atoms with Crippen molar-refractivity contribution >= 4 is 29.1 Å². The largest absolute Gasteiger partial charge is 0.506 e. The predicted octanol–water partition coefficient (Wildman–Crippen LogP) is 2.75. The Kier molecular flexibility index (Phi) is 2.39. The Hall–Kier alpha value is -1.81. The third-order valence-corrected chi connectivity index (χ3v) is 5.52. The molecule has 0 spiro atoms. The van der Waals surface area contributed by atoms with Crippen LogP contribution in [0.4, 0.5) is 5.69 Å². The fourth-order valence-corrected chi connectivity index (χ4v) is 4.38. The number of carbonyl (C=O) groups is 2. The number of rotatable bonds is 1. The van der Waals surface area contributed by atoms with Crippen molar-refractivity contribution in [3.63, 3.8) is 0 Å². The third-order valence-electron chi connectivity index (χ3n) is 5.29. The molecular formula is C16H14ClNO3. The molecule has 4 rings (SSSR count). The quantitative estimate of drug-likeness (QED) is 0.641. The van der Waals surface area contributed by atoms with Gasteiger partial charge in [-0.2, -0.15) is 0 Å². The number of hydrogen-bond donors (Lipinski definition) is 1. The van der Waals surface area contributed by atoms with E-state index >= 15 is 0 Å². The molecule has 5 heteroatoms. The number of aromatic hydroxyl groups is 1. The van der Waals surface area contributed by atoms with Crippen LogP contribution in [-0.2, 0) is 9.59 Å². The SMILES string of the molecule is C[C@]12C(=O)N(c3cc(Cl)ccc3O)C(=O)[C@H]1[C@@H]1C=C[C@H]2C1. The van der Waals surface area contributed by atoms with Crippen LogP contribution in [0.15, 0.2) is 30.4 Å². The molecule has 2 aliphatic carbocycles. The number of carbonyl (C=O) groups excluding carboxylic acids is 2. The zero-order chi connectivity index (χ0) is 14.9. The molecule has 4 nitrogen and oxygen atoms in total. The molecule has 1 saturated heterocycles. The second-order valence-corrected chi connectivity index (χ2v) is 6.70. The van der Waals surface area contributed by atoms with Gasteiger partial charge in [0.1, 0.15) is 5.75 Å². The summed E-state index contributed by atoms with van der Waals surface area (Å²) >= 11 is 5.94. The fourth-order valence-electron chi connectivity index (χ4n) is 4.21. The summed E-state index contributed by atoms with van der Waals surface area (Å²) in [4.78, 5) is 26.8. The van der Waals surface area contributed by atoms with Gasteiger partial charge < -0.3 is 5.11 Å². The standard InChI is InChI=1S/C16H14ClNO3/c1-16-9-3-2-8(6-9)13(16)14(20)18(15(16)21)11-7-10(17)4-5-12(11)19/h2-5,7-9,13,19H,6H2,1H3/t8-,9+,13-,16-/m1/s1. The van der Waals surface area contributed by atoms with Crippen molar-refractivity contribution in [3.8, 4) is 5.75 Å². The summed E-state index contributed by atoms with van der Waals surface area (Å²) < 4.78 is 0. The van der Waals surface area contributed by atoms with Gasteiger partial charge in [-0.05, 0) is 43.4 Å². The number of nitrogens with zero attached hydrogens (tertiary/aromatic N) is 1. The highest BCUT2D eigenvalue weighted by Crippen LogP contribution is 2.61. The molecule has 0 unspecified atom stereocenters. The molecule has 1 saturated carbocycles. The van der Waals surface area contributed by atoms with E-state index in [1.165, 1.54) is 18.2 Å².